The normalized spacial score (nSPS) is 24.8. The van der Waals surface area contributed by atoms with E-state index >= 15 is 0 Å². The second kappa shape index (κ2) is 9.85. The molecule has 25 heavy (non-hydrogen) atoms. The predicted octanol–water partition coefficient (Wildman–Crippen LogP) is 1.77. The van der Waals surface area contributed by atoms with Crippen LogP contribution >= 0.6 is 0 Å². The summed E-state index contributed by atoms with van der Waals surface area (Å²) in [4.78, 5) is 20.6. The Morgan fingerprint density at radius 2 is 2.00 bits per heavy atom. The van der Waals surface area contributed by atoms with Crippen LogP contribution < -0.4 is 11.1 Å². The number of piperidine rings is 2. The van der Waals surface area contributed by atoms with Gasteiger partial charge < -0.3 is 20.7 Å². The largest absolute Gasteiger partial charge is 0.450 e. The molecule has 0 aliphatic carbocycles. The van der Waals surface area contributed by atoms with E-state index < -0.39 is 0 Å². The van der Waals surface area contributed by atoms with Crippen molar-refractivity contribution in [3.05, 3.63) is 0 Å². The number of hydrogen-bond acceptors (Lipinski definition) is 4. The average molecular weight is 354 g/mol. The van der Waals surface area contributed by atoms with Gasteiger partial charge in [0.15, 0.2) is 5.96 Å². The van der Waals surface area contributed by atoms with Crippen molar-refractivity contribution < 1.29 is 9.53 Å². The van der Waals surface area contributed by atoms with Gasteiger partial charge in [-0.2, -0.15) is 0 Å². The number of guanidine groups is 1. The van der Waals surface area contributed by atoms with Gasteiger partial charge in [0.25, 0.3) is 0 Å². The minimum atomic E-state index is -0.216. The van der Waals surface area contributed by atoms with E-state index in [-0.39, 0.29) is 12.1 Å². The predicted molar refractivity (Wildman–Crippen MR) is 101 cm³/mol. The van der Waals surface area contributed by atoms with E-state index in [1.54, 1.807) is 4.90 Å². The van der Waals surface area contributed by atoms with Crippen LogP contribution in [-0.4, -0.2) is 72.8 Å². The summed E-state index contributed by atoms with van der Waals surface area (Å²) in [6.07, 6.45) is 5.42. The lowest BCUT2D eigenvalue weighted by atomic mass is 10.0. The highest BCUT2D eigenvalue weighted by atomic mass is 16.6. The minimum absolute atomic E-state index is 0.216. The van der Waals surface area contributed by atoms with Gasteiger partial charge >= 0.3 is 6.09 Å². The summed E-state index contributed by atoms with van der Waals surface area (Å²) in [6.45, 7) is 10.1. The first-order valence-corrected chi connectivity index (χ1v) is 9.75. The maximum atomic E-state index is 11.7. The second-order valence-corrected chi connectivity index (χ2v) is 7.26. The topological polar surface area (TPSA) is 83.2 Å². The third-order valence-electron chi connectivity index (χ3n) is 5.32. The fourth-order valence-electron chi connectivity index (χ4n) is 3.79. The zero-order valence-electron chi connectivity index (χ0n) is 16.0. The summed E-state index contributed by atoms with van der Waals surface area (Å²) in [5, 5.41) is 3.31. The highest BCUT2D eigenvalue weighted by Crippen LogP contribution is 2.19. The number of nitrogens with one attached hydrogen (secondary N) is 1. The van der Waals surface area contributed by atoms with Gasteiger partial charge in [0.1, 0.15) is 0 Å². The van der Waals surface area contributed by atoms with Crippen LogP contribution in [0.25, 0.3) is 0 Å². The molecule has 0 aromatic carbocycles. The summed E-state index contributed by atoms with van der Waals surface area (Å²) < 4.78 is 5.04. The fraction of sp³-hybridized carbons (Fsp3) is 0.889. The third-order valence-corrected chi connectivity index (χ3v) is 5.32. The molecule has 0 aromatic rings. The Kier molecular flexibility index (Phi) is 7.81. The molecule has 0 bridgehead atoms. The Balaban J connectivity index is 1.71. The van der Waals surface area contributed by atoms with Crippen LogP contribution in [0.5, 0.6) is 0 Å². The van der Waals surface area contributed by atoms with Crippen molar-refractivity contribution in [1.82, 2.24) is 15.1 Å². The monoisotopic (exact) mass is 353 g/mol. The van der Waals surface area contributed by atoms with Crippen molar-refractivity contribution in [3.63, 3.8) is 0 Å². The van der Waals surface area contributed by atoms with E-state index in [1.165, 1.54) is 19.3 Å². The molecule has 0 radical (unpaired) electrons. The highest BCUT2D eigenvalue weighted by molar-refractivity contribution is 5.78. The van der Waals surface area contributed by atoms with Gasteiger partial charge in [-0.3, -0.25) is 9.89 Å². The molecule has 2 aliphatic rings. The molecule has 1 amide bonds. The van der Waals surface area contributed by atoms with Gasteiger partial charge in [0.05, 0.1) is 13.2 Å². The SMILES string of the molecule is CCOC(=O)N1CCC(NC(N)=NCC(C)N2CCCCC2C)CC1. The second-order valence-electron chi connectivity index (χ2n) is 7.26. The molecular weight excluding hydrogens is 318 g/mol. The Labute approximate surface area is 152 Å². The zero-order valence-corrected chi connectivity index (χ0v) is 16.0. The summed E-state index contributed by atoms with van der Waals surface area (Å²) >= 11 is 0. The lowest BCUT2D eigenvalue weighted by Crippen LogP contribution is -2.49. The number of hydrogen-bond donors (Lipinski definition) is 2. The van der Waals surface area contributed by atoms with Crippen LogP contribution in [0, 0.1) is 0 Å². The van der Waals surface area contributed by atoms with Crippen LogP contribution in [0.3, 0.4) is 0 Å². The van der Waals surface area contributed by atoms with Gasteiger partial charge in [-0.1, -0.05) is 6.42 Å². The molecule has 2 saturated heterocycles. The van der Waals surface area contributed by atoms with Gasteiger partial charge in [0, 0.05) is 31.2 Å². The first-order chi connectivity index (χ1) is 12.0. The molecule has 0 spiro atoms. The molecule has 7 heteroatoms. The summed E-state index contributed by atoms with van der Waals surface area (Å²) in [5.41, 5.74) is 6.07. The van der Waals surface area contributed by atoms with Crippen LogP contribution in [-0.2, 0) is 4.74 Å². The van der Waals surface area contributed by atoms with E-state index in [0.717, 1.165) is 25.9 Å². The quantitative estimate of drug-likeness (QED) is 0.581. The van der Waals surface area contributed by atoms with Gasteiger partial charge in [-0.25, -0.2) is 4.79 Å². The number of ether oxygens (including phenoxy) is 1. The Morgan fingerprint density at radius 1 is 1.28 bits per heavy atom. The molecule has 0 aromatic heterocycles. The van der Waals surface area contributed by atoms with E-state index in [4.69, 9.17) is 10.5 Å². The number of rotatable bonds is 5. The summed E-state index contributed by atoms with van der Waals surface area (Å²) in [7, 11) is 0. The maximum Gasteiger partial charge on any atom is 0.409 e. The standard InChI is InChI=1S/C18H35N5O2/c1-4-25-18(24)22-11-8-16(9-12-22)21-17(19)20-13-15(3)23-10-6-5-7-14(23)2/h14-16H,4-13H2,1-3H3,(H3,19,20,21). The van der Waals surface area contributed by atoms with Crippen LogP contribution in [0.15, 0.2) is 4.99 Å². The average Bonchev–Trinajstić information content (AvgIpc) is 2.61. The van der Waals surface area contributed by atoms with Crippen molar-refractivity contribution in [2.24, 2.45) is 10.7 Å². The Bertz CT molecular complexity index is 449. The molecule has 7 nitrogen and oxygen atoms in total. The van der Waals surface area contributed by atoms with E-state index in [9.17, 15) is 4.79 Å². The van der Waals surface area contributed by atoms with Crippen LogP contribution in [0.2, 0.25) is 0 Å². The molecule has 2 unspecified atom stereocenters. The molecule has 2 aliphatic heterocycles. The van der Waals surface area contributed by atoms with Crippen molar-refractivity contribution in [2.75, 3.05) is 32.8 Å². The molecule has 3 N–H and O–H groups in total. The van der Waals surface area contributed by atoms with E-state index in [0.29, 0.717) is 37.7 Å². The molecule has 0 saturated carbocycles. The molecular formula is C18H35N5O2. The Morgan fingerprint density at radius 3 is 2.64 bits per heavy atom. The molecule has 2 atom stereocenters. The van der Waals surface area contributed by atoms with Crippen molar-refractivity contribution in [2.45, 2.75) is 71.0 Å². The maximum absolute atomic E-state index is 11.7. The first-order valence-electron chi connectivity index (χ1n) is 9.75. The smallest absolute Gasteiger partial charge is 0.409 e. The van der Waals surface area contributed by atoms with Crippen LogP contribution in [0.1, 0.15) is 52.9 Å². The van der Waals surface area contributed by atoms with Crippen molar-refractivity contribution >= 4 is 12.1 Å². The number of nitrogens with zero attached hydrogens (tertiary/aromatic N) is 3. The van der Waals surface area contributed by atoms with Crippen molar-refractivity contribution in [1.29, 1.82) is 0 Å². The highest BCUT2D eigenvalue weighted by Gasteiger charge is 2.25. The van der Waals surface area contributed by atoms with E-state index in [1.807, 2.05) is 6.92 Å². The minimum Gasteiger partial charge on any atom is -0.450 e. The summed E-state index contributed by atoms with van der Waals surface area (Å²) in [6, 6.07) is 1.33. The number of aliphatic imine (C=N–C) groups is 1. The number of likely N-dealkylation sites (tertiary alicyclic amines) is 2. The lowest BCUT2D eigenvalue weighted by molar-refractivity contribution is 0.0963. The van der Waals surface area contributed by atoms with Gasteiger partial charge in [0.2, 0.25) is 0 Å². The fourth-order valence-corrected chi connectivity index (χ4v) is 3.79. The molecule has 2 heterocycles. The van der Waals surface area contributed by atoms with Crippen molar-refractivity contribution in [3.8, 4) is 0 Å². The first kappa shape index (κ1) is 19.8. The van der Waals surface area contributed by atoms with Gasteiger partial charge in [-0.15, -0.1) is 0 Å². The summed E-state index contributed by atoms with van der Waals surface area (Å²) in [5.74, 6) is 0.520. The molecule has 2 rings (SSSR count). The van der Waals surface area contributed by atoms with Gasteiger partial charge in [-0.05, 0) is 53.0 Å². The molecule has 2 fully saturated rings. The number of carbonyl (C=O) groups excluding carboxylic acids is 1. The van der Waals surface area contributed by atoms with Crippen LogP contribution in [0.4, 0.5) is 4.79 Å². The number of nitrogens with two attached hydrogens (primary N) is 1. The lowest BCUT2D eigenvalue weighted by Gasteiger charge is -2.37. The number of amides is 1. The van der Waals surface area contributed by atoms with E-state index in [2.05, 4.69) is 29.1 Å². The Hall–Kier alpha value is -1.50. The number of carbonyl (C=O) groups is 1. The zero-order chi connectivity index (χ0) is 18.2. The third kappa shape index (κ3) is 6.06. The molecule has 144 valence electrons.